The lowest BCUT2D eigenvalue weighted by Crippen LogP contribution is -2.22. The minimum atomic E-state index is -0.123. The van der Waals surface area contributed by atoms with Crippen LogP contribution in [0.2, 0.25) is 0 Å². The molecule has 2 aromatic rings. The van der Waals surface area contributed by atoms with Gasteiger partial charge in [-0.15, -0.1) is 0 Å². The highest BCUT2D eigenvalue weighted by Gasteiger charge is 2.01. The van der Waals surface area contributed by atoms with Gasteiger partial charge < -0.3 is 4.74 Å². The third-order valence-electron chi connectivity index (χ3n) is 2.39. The molecule has 0 aliphatic carbocycles. The van der Waals surface area contributed by atoms with Crippen molar-refractivity contribution >= 4 is 0 Å². The average Bonchev–Trinajstić information content (AvgIpc) is 2.41. The second-order valence-corrected chi connectivity index (χ2v) is 3.57. The van der Waals surface area contributed by atoms with Gasteiger partial charge in [-0.3, -0.25) is 9.36 Å². The van der Waals surface area contributed by atoms with Crippen molar-refractivity contribution < 1.29 is 4.74 Å². The van der Waals surface area contributed by atoms with Crippen LogP contribution in [-0.4, -0.2) is 16.2 Å². The standard InChI is InChI=1S/C13H11N3O2/c14-9-11-3-1-2-4-12(11)18-8-7-16-10-15-6-5-13(16)17/h1-6,10H,7-8H2. The number of nitriles is 1. The number of ether oxygens (including phenoxy) is 1. The maximum Gasteiger partial charge on any atom is 0.253 e. The summed E-state index contributed by atoms with van der Waals surface area (Å²) in [6, 6.07) is 10.4. The van der Waals surface area contributed by atoms with E-state index in [-0.39, 0.29) is 5.56 Å². The van der Waals surface area contributed by atoms with Gasteiger partial charge in [-0.05, 0) is 12.1 Å². The van der Waals surface area contributed by atoms with E-state index in [1.165, 1.54) is 23.2 Å². The van der Waals surface area contributed by atoms with E-state index < -0.39 is 0 Å². The van der Waals surface area contributed by atoms with Gasteiger partial charge in [0.25, 0.3) is 5.56 Å². The molecule has 5 heteroatoms. The van der Waals surface area contributed by atoms with E-state index in [1.807, 2.05) is 6.07 Å². The molecule has 0 aliphatic rings. The number of benzene rings is 1. The molecule has 0 saturated carbocycles. The highest BCUT2D eigenvalue weighted by atomic mass is 16.5. The lowest BCUT2D eigenvalue weighted by Gasteiger charge is -2.08. The Labute approximate surface area is 104 Å². The van der Waals surface area contributed by atoms with Gasteiger partial charge in [-0.1, -0.05) is 12.1 Å². The third-order valence-corrected chi connectivity index (χ3v) is 2.39. The van der Waals surface area contributed by atoms with E-state index in [2.05, 4.69) is 4.98 Å². The van der Waals surface area contributed by atoms with Crippen LogP contribution in [0.3, 0.4) is 0 Å². The van der Waals surface area contributed by atoms with Gasteiger partial charge in [0.15, 0.2) is 0 Å². The van der Waals surface area contributed by atoms with Crippen molar-refractivity contribution in [2.45, 2.75) is 6.54 Å². The Morgan fingerprint density at radius 2 is 2.17 bits per heavy atom. The van der Waals surface area contributed by atoms with Crippen molar-refractivity contribution in [3.63, 3.8) is 0 Å². The summed E-state index contributed by atoms with van der Waals surface area (Å²) in [6.07, 6.45) is 2.91. The molecule has 0 spiro atoms. The zero-order chi connectivity index (χ0) is 12.8. The molecule has 1 aromatic carbocycles. The van der Waals surface area contributed by atoms with Crippen molar-refractivity contribution in [2.24, 2.45) is 0 Å². The Bertz CT molecular complexity index is 628. The number of rotatable bonds is 4. The maximum absolute atomic E-state index is 11.4. The molecular formula is C13H11N3O2. The fraction of sp³-hybridized carbons (Fsp3) is 0.154. The zero-order valence-electron chi connectivity index (χ0n) is 9.61. The Hall–Kier alpha value is -2.61. The third kappa shape index (κ3) is 2.74. The normalized spacial score (nSPS) is 9.72. The molecule has 0 radical (unpaired) electrons. The quantitative estimate of drug-likeness (QED) is 0.806. The van der Waals surface area contributed by atoms with E-state index in [1.54, 1.807) is 24.3 Å². The van der Waals surface area contributed by atoms with Gasteiger partial charge in [0, 0.05) is 12.3 Å². The molecule has 0 fully saturated rings. The first kappa shape index (κ1) is 11.9. The van der Waals surface area contributed by atoms with E-state index in [0.717, 1.165) is 0 Å². The summed E-state index contributed by atoms with van der Waals surface area (Å²) in [5.74, 6) is 0.525. The van der Waals surface area contributed by atoms with E-state index in [0.29, 0.717) is 24.5 Å². The zero-order valence-corrected chi connectivity index (χ0v) is 9.61. The van der Waals surface area contributed by atoms with Crippen molar-refractivity contribution in [1.82, 2.24) is 9.55 Å². The van der Waals surface area contributed by atoms with Crippen LogP contribution in [0, 0.1) is 11.3 Å². The molecule has 0 aliphatic heterocycles. The van der Waals surface area contributed by atoms with Gasteiger partial charge in [0.2, 0.25) is 0 Å². The van der Waals surface area contributed by atoms with Gasteiger partial charge in [0.05, 0.1) is 18.4 Å². The molecule has 0 N–H and O–H groups in total. The summed E-state index contributed by atoms with van der Waals surface area (Å²) in [7, 11) is 0. The van der Waals surface area contributed by atoms with E-state index in [9.17, 15) is 4.79 Å². The molecule has 1 heterocycles. The van der Waals surface area contributed by atoms with Gasteiger partial charge >= 0.3 is 0 Å². The molecular weight excluding hydrogens is 230 g/mol. The molecule has 2 rings (SSSR count). The molecule has 0 saturated heterocycles. The van der Waals surface area contributed by atoms with E-state index in [4.69, 9.17) is 10.00 Å². The molecule has 0 bridgehead atoms. The van der Waals surface area contributed by atoms with Crippen molar-refractivity contribution in [3.8, 4) is 11.8 Å². The molecule has 0 atom stereocenters. The maximum atomic E-state index is 11.4. The molecule has 90 valence electrons. The molecule has 1 aromatic heterocycles. The average molecular weight is 241 g/mol. The summed E-state index contributed by atoms with van der Waals surface area (Å²) in [4.78, 5) is 15.3. The fourth-order valence-corrected chi connectivity index (χ4v) is 1.49. The van der Waals surface area contributed by atoms with Gasteiger partial charge in [-0.25, -0.2) is 4.98 Å². The number of hydrogen-bond donors (Lipinski definition) is 0. The number of hydrogen-bond acceptors (Lipinski definition) is 4. The minimum Gasteiger partial charge on any atom is -0.490 e. The number of nitrogens with zero attached hydrogens (tertiary/aromatic N) is 3. The summed E-state index contributed by atoms with van der Waals surface area (Å²) >= 11 is 0. The highest BCUT2D eigenvalue weighted by Crippen LogP contribution is 2.16. The summed E-state index contributed by atoms with van der Waals surface area (Å²) < 4.78 is 6.93. The predicted octanol–water partition coefficient (Wildman–Crippen LogP) is 1.19. The lowest BCUT2D eigenvalue weighted by atomic mass is 10.2. The molecule has 0 amide bonds. The fourth-order valence-electron chi connectivity index (χ4n) is 1.49. The largest absolute Gasteiger partial charge is 0.490 e. The van der Waals surface area contributed by atoms with Crippen LogP contribution in [0.25, 0.3) is 0 Å². The van der Waals surface area contributed by atoms with Crippen LogP contribution < -0.4 is 10.3 Å². The van der Waals surface area contributed by atoms with Crippen LogP contribution in [0.4, 0.5) is 0 Å². The van der Waals surface area contributed by atoms with Crippen molar-refractivity contribution in [3.05, 3.63) is 58.8 Å². The first-order valence-electron chi connectivity index (χ1n) is 5.43. The molecule has 18 heavy (non-hydrogen) atoms. The Balaban J connectivity index is 1.99. The van der Waals surface area contributed by atoms with Crippen LogP contribution in [-0.2, 0) is 6.54 Å². The van der Waals surface area contributed by atoms with Crippen LogP contribution in [0.15, 0.2) is 47.7 Å². The van der Waals surface area contributed by atoms with Crippen LogP contribution in [0.1, 0.15) is 5.56 Å². The predicted molar refractivity (Wildman–Crippen MR) is 65.1 cm³/mol. The smallest absolute Gasteiger partial charge is 0.253 e. The molecule has 0 unspecified atom stereocenters. The topological polar surface area (TPSA) is 67.9 Å². The molecule has 5 nitrogen and oxygen atoms in total. The van der Waals surface area contributed by atoms with Crippen molar-refractivity contribution in [2.75, 3.05) is 6.61 Å². The first-order valence-corrected chi connectivity index (χ1v) is 5.43. The summed E-state index contributed by atoms with van der Waals surface area (Å²) in [5, 5.41) is 8.88. The monoisotopic (exact) mass is 241 g/mol. The highest BCUT2D eigenvalue weighted by molar-refractivity contribution is 5.42. The minimum absolute atomic E-state index is 0.123. The Morgan fingerprint density at radius 1 is 1.33 bits per heavy atom. The van der Waals surface area contributed by atoms with Crippen LogP contribution >= 0.6 is 0 Å². The summed E-state index contributed by atoms with van der Waals surface area (Å²) in [6.45, 7) is 0.705. The van der Waals surface area contributed by atoms with E-state index >= 15 is 0 Å². The number of aromatic nitrogens is 2. The second kappa shape index (κ2) is 5.64. The number of para-hydroxylation sites is 1. The lowest BCUT2D eigenvalue weighted by molar-refractivity contribution is 0.295. The SMILES string of the molecule is N#Cc1ccccc1OCCn1cnccc1=O. The van der Waals surface area contributed by atoms with Gasteiger partial charge in [0.1, 0.15) is 18.4 Å². The van der Waals surface area contributed by atoms with Crippen molar-refractivity contribution in [1.29, 1.82) is 5.26 Å². The first-order chi connectivity index (χ1) is 8.81. The summed E-state index contributed by atoms with van der Waals surface area (Å²) in [5.41, 5.74) is 0.359. The van der Waals surface area contributed by atoms with Gasteiger partial charge in [-0.2, -0.15) is 5.26 Å². The Kier molecular flexibility index (Phi) is 3.72. The van der Waals surface area contributed by atoms with Crippen LogP contribution in [0.5, 0.6) is 5.75 Å². The second-order valence-electron chi connectivity index (χ2n) is 3.57. The Morgan fingerprint density at radius 3 is 2.94 bits per heavy atom.